The fourth-order valence-corrected chi connectivity index (χ4v) is 8.02. The second kappa shape index (κ2) is 16.6. The number of para-hydroxylation sites is 2. The molecule has 0 saturated heterocycles. The molecule has 7 aromatic carbocycles. The molecule has 0 saturated carbocycles. The molecule has 56 heavy (non-hydrogen) atoms. The van der Waals surface area contributed by atoms with Crippen molar-refractivity contribution in [2.45, 2.75) is 6.92 Å². The molecule has 3 heterocycles. The van der Waals surface area contributed by atoms with E-state index in [2.05, 4.69) is 174 Å². The van der Waals surface area contributed by atoms with Gasteiger partial charge in [-0.25, -0.2) is 0 Å². The first-order valence-electron chi connectivity index (χ1n) is 18.3. The SMILES string of the molecule is Cc1cc(-c2ccccc2)c(-n2c(-c3[c-]sc4cc(-c5ccccc5)ccc34)nc3ccccc32)c(-c2ccccc2)c1.[Ir].[c-]1ccccc1-c1ccccn1. The van der Waals surface area contributed by atoms with Gasteiger partial charge < -0.3 is 9.55 Å². The topological polar surface area (TPSA) is 30.7 Å². The zero-order valence-electron chi connectivity index (χ0n) is 30.6. The summed E-state index contributed by atoms with van der Waals surface area (Å²) in [5, 5.41) is 4.83. The monoisotopic (exact) mass is 914 g/mol. The van der Waals surface area contributed by atoms with Gasteiger partial charge in [0.15, 0.2) is 0 Å². The van der Waals surface area contributed by atoms with Crippen molar-refractivity contribution in [3.63, 3.8) is 0 Å². The van der Waals surface area contributed by atoms with Crippen LogP contribution >= 0.6 is 11.3 Å². The van der Waals surface area contributed by atoms with Crippen LogP contribution in [0.15, 0.2) is 194 Å². The summed E-state index contributed by atoms with van der Waals surface area (Å²) in [6.07, 6.45) is 1.79. The minimum atomic E-state index is 0. The molecule has 0 amide bonds. The Hall–Kier alpha value is -6.23. The Morgan fingerprint density at radius 3 is 1.84 bits per heavy atom. The molecule has 0 aliphatic carbocycles. The van der Waals surface area contributed by atoms with Crippen LogP contribution in [-0.4, -0.2) is 14.5 Å². The quantitative estimate of drug-likeness (QED) is 0.156. The largest absolute Gasteiger partial charge is 0.332 e. The Morgan fingerprint density at radius 1 is 0.571 bits per heavy atom. The van der Waals surface area contributed by atoms with E-state index in [4.69, 9.17) is 4.98 Å². The Labute approximate surface area is 345 Å². The van der Waals surface area contributed by atoms with Crippen molar-refractivity contribution in [2.24, 2.45) is 0 Å². The van der Waals surface area contributed by atoms with Gasteiger partial charge >= 0.3 is 0 Å². The third-order valence-electron chi connectivity index (χ3n) is 9.70. The Balaban J connectivity index is 0.000000290. The zero-order valence-corrected chi connectivity index (χ0v) is 33.8. The first kappa shape index (κ1) is 36.7. The average molecular weight is 914 g/mol. The third kappa shape index (κ3) is 7.41. The van der Waals surface area contributed by atoms with Crippen LogP contribution in [0.4, 0.5) is 0 Å². The average Bonchev–Trinajstić information content (AvgIpc) is 3.86. The standard InChI is InChI=1S/C40H27N2S.C11H8N.Ir/c1-27-23-33(29-15-7-3-8-16-29)39(34(24-27)30-17-9-4-10-18-30)42-37-20-12-11-19-36(37)41-40(42)35-26-43-38-25-31(21-22-32(35)38)28-13-5-2-6-14-28;1-2-6-10(7-3-1)11-8-4-5-9-12-11;/h2-25H,1H3;1-6,8-9H;/q2*-1;. The molecule has 0 aliphatic heterocycles. The van der Waals surface area contributed by atoms with Crippen molar-refractivity contribution in [3.8, 4) is 61.7 Å². The van der Waals surface area contributed by atoms with Crippen molar-refractivity contribution in [3.05, 3.63) is 211 Å². The van der Waals surface area contributed by atoms with Gasteiger partial charge in [-0.1, -0.05) is 143 Å². The molecule has 10 aromatic rings. The molecule has 10 rings (SSSR count). The summed E-state index contributed by atoms with van der Waals surface area (Å²) >= 11 is 1.66. The molecule has 0 unspecified atom stereocenters. The van der Waals surface area contributed by atoms with Gasteiger partial charge in [-0.3, -0.25) is 16.3 Å². The van der Waals surface area contributed by atoms with E-state index in [1.807, 2.05) is 42.5 Å². The van der Waals surface area contributed by atoms with E-state index in [0.717, 1.165) is 44.8 Å². The first-order chi connectivity index (χ1) is 27.2. The summed E-state index contributed by atoms with van der Waals surface area (Å²) in [7, 11) is 0. The molecule has 0 atom stereocenters. The fraction of sp³-hybridized carbons (Fsp3) is 0.0196. The Bertz CT molecular complexity index is 2750. The van der Waals surface area contributed by atoms with E-state index in [-0.39, 0.29) is 20.1 Å². The predicted molar refractivity (Wildman–Crippen MR) is 230 cm³/mol. The molecule has 0 bridgehead atoms. The number of fused-ring (bicyclic) bond motifs is 2. The number of nitrogens with zero attached hydrogens (tertiary/aromatic N) is 3. The van der Waals surface area contributed by atoms with Crippen LogP contribution in [0, 0.1) is 18.4 Å². The zero-order chi connectivity index (χ0) is 37.0. The minimum absolute atomic E-state index is 0. The van der Waals surface area contributed by atoms with Crippen LogP contribution < -0.4 is 0 Å². The van der Waals surface area contributed by atoms with Crippen molar-refractivity contribution in [1.82, 2.24) is 14.5 Å². The first-order valence-corrected chi connectivity index (χ1v) is 19.1. The van der Waals surface area contributed by atoms with E-state index in [1.54, 1.807) is 17.5 Å². The van der Waals surface area contributed by atoms with E-state index in [1.165, 1.54) is 43.6 Å². The second-order valence-corrected chi connectivity index (χ2v) is 14.2. The van der Waals surface area contributed by atoms with E-state index < -0.39 is 0 Å². The summed E-state index contributed by atoms with van der Waals surface area (Å²) in [6.45, 7) is 2.18. The van der Waals surface area contributed by atoms with Crippen LogP contribution in [0.2, 0.25) is 0 Å². The number of aromatic nitrogens is 3. The molecule has 3 aromatic heterocycles. The van der Waals surface area contributed by atoms with E-state index in [9.17, 15) is 0 Å². The fourth-order valence-electron chi connectivity index (χ4n) is 7.14. The molecular formula is C51H35IrN3S-2. The molecule has 3 nitrogen and oxygen atoms in total. The van der Waals surface area contributed by atoms with Crippen LogP contribution in [-0.2, 0) is 20.1 Å². The second-order valence-electron chi connectivity index (χ2n) is 13.3. The van der Waals surface area contributed by atoms with Crippen LogP contribution in [0.5, 0.6) is 0 Å². The van der Waals surface area contributed by atoms with Crippen molar-refractivity contribution >= 4 is 32.5 Å². The summed E-state index contributed by atoms with van der Waals surface area (Å²) in [5.74, 6) is 0.901. The normalized spacial score (nSPS) is 10.8. The predicted octanol–water partition coefficient (Wildman–Crippen LogP) is 13.6. The summed E-state index contributed by atoms with van der Waals surface area (Å²) in [6, 6.07) is 68.5. The number of thiophene rings is 1. The van der Waals surface area contributed by atoms with Crippen molar-refractivity contribution in [1.29, 1.82) is 0 Å². The number of hydrogen-bond acceptors (Lipinski definition) is 3. The summed E-state index contributed by atoms with van der Waals surface area (Å²) < 4.78 is 3.56. The van der Waals surface area contributed by atoms with Gasteiger partial charge in [0.25, 0.3) is 0 Å². The number of pyridine rings is 1. The van der Waals surface area contributed by atoms with Crippen molar-refractivity contribution in [2.75, 3.05) is 0 Å². The maximum absolute atomic E-state index is 5.29. The number of aryl methyl sites for hydroxylation is 1. The Morgan fingerprint density at radius 2 is 1.20 bits per heavy atom. The van der Waals surface area contributed by atoms with Gasteiger partial charge in [-0.2, -0.15) is 0 Å². The molecule has 0 spiro atoms. The number of hydrogen-bond donors (Lipinski definition) is 0. The maximum atomic E-state index is 5.29. The molecule has 0 N–H and O–H groups in total. The third-order valence-corrected chi connectivity index (χ3v) is 10.6. The van der Waals surface area contributed by atoms with E-state index in [0.29, 0.717) is 0 Å². The Kier molecular flexibility index (Phi) is 10.9. The number of benzene rings is 7. The summed E-state index contributed by atoms with van der Waals surface area (Å²) in [4.78, 5) is 9.51. The maximum Gasteiger partial charge on any atom is 0.0774 e. The van der Waals surface area contributed by atoms with Gasteiger partial charge in [0.1, 0.15) is 0 Å². The van der Waals surface area contributed by atoms with Crippen LogP contribution in [0.25, 0.3) is 82.8 Å². The molecular weight excluding hydrogens is 879 g/mol. The molecule has 0 fully saturated rings. The molecule has 0 aliphatic rings. The van der Waals surface area contributed by atoms with Gasteiger partial charge in [0.2, 0.25) is 0 Å². The smallest absolute Gasteiger partial charge is 0.0774 e. The molecule has 1 radical (unpaired) electrons. The summed E-state index contributed by atoms with van der Waals surface area (Å²) in [5.41, 5.74) is 14.5. The van der Waals surface area contributed by atoms with Gasteiger partial charge in [-0.15, -0.1) is 47.3 Å². The number of imidazole rings is 1. The van der Waals surface area contributed by atoms with Crippen molar-refractivity contribution < 1.29 is 20.1 Å². The molecule has 271 valence electrons. The van der Waals surface area contributed by atoms with Gasteiger partial charge in [0, 0.05) is 37.4 Å². The molecule has 5 heteroatoms. The van der Waals surface area contributed by atoms with Gasteiger partial charge in [-0.05, 0) is 70.8 Å². The minimum Gasteiger partial charge on any atom is -0.332 e. The number of rotatable bonds is 6. The van der Waals surface area contributed by atoms with E-state index >= 15 is 0 Å². The van der Waals surface area contributed by atoms with Crippen LogP contribution in [0.3, 0.4) is 0 Å². The van der Waals surface area contributed by atoms with Gasteiger partial charge in [0.05, 0.1) is 22.5 Å². The van der Waals surface area contributed by atoms with Crippen LogP contribution in [0.1, 0.15) is 5.56 Å².